The maximum atomic E-state index is 10.4. The molecule has 0 saturated carbocycles. The third kappa shape index (κ3) is 2.85. The molecule has 1 aromatic rings. The second kappa shape index (κ2) is 4.23. The number of aliphatic carboxylic acids is 1. The van der Waals surface area contributed by atoms with Gasteiger partial charge in [0.1, 0.15) is 23.3 Å². The average Bonchev–Trinajstić information content (AvgIpc) is 2.00. The molecule has 0 spiro atoms. The van der Waals surface area contributed by atoms with Crippen molar-refractivity contribution in [2.24, 2.45) is 0 Å². The summed E-state index contributed by atoms with van der Waals surface area (Å²) in [6, 6.07) is 1.53. The zero-order valence-corrected chi connectivity index (χ0v) is 8.62. The number of aryl methyl sites for hydroxylation is 1. The Labute approximate surface area is 86.3 Å². The molecule has 1 rings (SSSR count). The minimum Gasteiger partial charge on any atom is -0.480 e. The molecule has 0 atom stereocenters. The zero-order valence-electron chi connectivity index (χ0n) is 7.86. The molecule has 1 heterocycles. The lowest BCUT2D eigenvalue weighted by Gasteiger charge is -2.15. The average molecular weight is 216 g/mol. The number of aromatic nitrogens is 2. The van der Waals surface area contributed by atoms with E-state index < -0.39 is 5.97 Å². The van der Waals surface area contributed by atoms with Gasteiger partial charge in [-0.3, -0.25) is 4.79 Å². The van der Waals surface area contributed by atoms with Crippen LogP contribution in [0.4, 0.5) is 5.82 Å². The van der Waals surface area contributed by atoms with Crippen LogP contribution in [0.3, 0.4) is 0 Å². The normalized spacial score (nSPS) is 9.93. The quantitative estimate of drug-likeness (QED) is 0.761. The van der Waals surface area contributed by atoms with Crippen LogP contribution in [0.25, 0.3) is 0 Å². The number of hydrogen-bond donors (Lipinski definition) is 1. The fourth-order valence-corrected chi connectivity index (χ4v) is 1.22. The van der Waals surface area contributed by atoms with Crippen molar-refractivity contribution in [1.82, 2.24) is 9.97 Å². The van der Waals surface area contributed by atoms with E-state index in [-0.39, 0.29) is 6.54 Å². The standard InChI is InChI=1S/C8H10ClN3O2/c1-5-10-6(9)3-7(11-5)12(2)4-8(13)14/h3H,4H2,1-2H3,(H,13,14). The number of hydrogen-bond acceptors (Lipinski definition) is 4. The summed E-state index contributed by atoms with van der Waals surface area (Å²) in [5.41, 5.74) is 0. The largest absolute Gasteiger partial charge is 0.480 e. The molecule has 0 saturated heterocycles. The van der Waals surface area contributed by atoms with Gasteiger partial charge in [-0.1, -0.05) is 11.6 Å². The smallest absolute Gasteiger partial charge is 0.323 e. The van der Waals surface area contributed by atoms with Gasteiger partial charge in [0.15, 0.2) is 0 Å². The molecule has 1 N–H and O–H groups in total. The number of carboxylic acid groups (broad SMARTS) is 1. The zero-order chi connectivity index (χ0) is 10.7. The second-order valence-corrected chi connectivity index (χ2v) is 3.23. The molecule has 0 aliphatic heterocycles. The lowest BCUT2D eigenvalue weighted by atomic mass is 10.4. The van der Waals surface area contributed by atoms with E-state index in [9.17, 15) is 4.79 Å². The third-order valence-corrected chi connectivity index (χ3v) is 1.75. The number of carboxylic acids is 1. The van der Waals surface area contributed by atoms with Crippen molar-refractivity contribution >= 4 is 23.4 Å². The topological polar surface area (TPSA) is 66.3 Å². The molecular weight excluding hydrogens is 206 g/mol. The summed E-state index contributed by atoms with van der Waals surface area (Å²) in [7, 11) is 1.63. The predicted octanol–water partition coefficient (Wildman–Crippen LogP) is 0.959. The molecule has 0 aromatic carbocycles. The summed E-state index contributed by atoms with van der Waals surface area (Å²) in [5, 5.41) is 8.88. The molecule has 0 amide bonds. The molecule has 0 aliphatic carbocycles. The Morgan fingerprint density at radius 1 is 1.64 bits per heavy atom. The summed E-state index contributed by atoms with van der Waals surface area (Å²) < 4.78 is 0. The first-order valence-electron chi connectivity index (χ1n) is 3.93. The lowest BCUT2D eigenvalue weighted by molar-refractivity contribution is -0.135. The number of carbonyl (C=O) groups is 1. The number of halogens is 1. The van der Waals surface area contributed by atoms with E-state index in [4.69, 9.17) is 16.7 Å². The van der Waals surface area contributed by atoms with Crippen LogP contribution in [0.5, 0.6) is 0 Å². The molecule has 0 fully saturated rings. The fraction of sp³-hybridized carbons (Fsp3) is 0.375. The van der Waals surface area contributed by atoms with Crippen molar-refractivity contribution in [3.8, 4) is 0 Å². The first-order chi connectivity index (χ1) is 6.49. The summed E-state index contributed by atoms with van der Waals surface area (Å²) in [6.45, 7) is 1.58. The van der Waals surface area contributed by atoms with E-state index in [0.29, 0.717) is 16.8 Å². The van der Waals surface area contributed by atoms with Crippen molar-refractivity contribution in [3.05, 3.63) is 17.0 Å². The van der Waals surface area contributed by atoms with Gasteiger partial charge in [0.25, 0.3) is 0 Å². The van der Waals surface area contributed by atoms with Crippen LogP contribution in [-0.4, -0.2) is 34.6 Å². The van der Waals surface area contributed by atoms with E-state index >= 15 is 0 Å². The van der Waals surface area contributed by atoms with Gasteiger partial charge < -0.3 is 10.0 Å². The van der Waals surface area contributed by atoms with Gasteiger partial charge in [0.05, 0.1) is 0 Å². The summed E-state index contributed by atoms with van der Waals surface area (Å²) >= 11 is 5.71. The van der Waals surface area contributed by atoms with Crippen molar-refractivity contribution < 1.29 is 9.90 Å². The Bertz CT molecular complexity index is 336. The third-order valence-electron chi connectivity index (χ3n) is 1.56. The Hall–Kier alpha value is -1.36. The van der Waals surface area contributed by atoms with Crippen LogP contribution in [0.1, 0.15) is 5.82 Å². The van der Waals surface area contributed by atoms with Crippen LogP contribution in [0.2, 0.25) is 5.15 Å². The Morgan fingerprint density at radius 3 is 2.79 bits per heavy atom. The molecule has 1 aromatic heterocycles. The van der Waals surface area contributed by atoms with Gasteiger partial charge >= 0.3 is 5.97 Å². The molecule has 0 aliphatic rings. The van der Waals surface area contributed by atoms with Gasteiger partial charge in [-0.05, 0) is 6.92 Å². The molecule has 76 valence electrons. The number of anilines is 1. The molecule has 5 nitrogen and oxygen atoms in total. The maximum absolute atomic E-state index is 10.4. The molecule has 14 heavy (non-hydrogen) atoms. The molecule has 0 bridgehead atoms. The molecule has 0 unspecified atom stereocenters. The molecule has 6 heteroatoms. The lowest BCUT2D eigenvalue weighted by Crippen LogP contribution is -2.26. The summed E-state index contributed by atoms with van der Waals surface area (Å²) in [4.78, 5) is 19.9. The molecule has 0 radical (unpaired) electrons. The molecular formula is C8H10ClN3O2. The minimum absolute atomic E-state index is 0.118. The monoisotopic (exact) mass is 215 g/mol. The highest BCUT2D eigenvalue weighted by Gasteiger charge is 2.08. The predicted molar refractivity (Wildman–Crippen MR) is 52.7 cm³/mol. The second-order valence-electron chi connectivity index (χ2n) is 2.85. The van der Waals surface area contributed by atoms with E-state index in [0.717, 1.165) is 0 Å². The van der Waals surface area contributed by atoms with E-state index in [1.165, 1.54) is 11.0 Å². The highest BCUT2D eigenvalue weighted by atomic mass is 35.5. The highest BCUT2D eigenvalue weighted by Crippen LogP contribution is 2.14. The van der Waals surface area contributed by atoms with Gasteiger partial charge in [-0.25, -0.2) is 9.97 Å². The summed E-state index contributed by atoms with van der Waals surface area (Å²) in [5.74, 6) is 0.106. The van der Waals surface area contributed by atoms with Gasteiger partial charge in [-0.2, -0.15) is 0 Å². The van der Waals surface area contributed by atoms with Crippen LogP contribution < -0.4 is 4.90 Å². The van der Waals surface area contributed by atoms with Gasteiger partial charge in [-0.15, -0.1) is 0 Å². The SMILES string of the molecule is Cc1nc(Cl)cc(N(C)CC(=O)O)n1. The van der Waals surface area contributed by atoms with Crippen molar-refractivity contribution in [2.75, 3.05) is 18.5 Å². The maximum Gasteiger partial charge on any atom is 0.323 e. The highest BCUT2D eigenvalue weighted by molar-refractivity contribution is 6.29. The Kier molecular flexibility index (Phi) is 3.24. The fourth-order valence-electron chi connectivity index (χ4n) is 0.996. The number of rotatable bonds is 3. The summed E-state index contributed by atoms with van der Waals surface area (Å²) in [6.07, 6.45) is 0. The van der Waals surface area contributed by atoms with Crippen LogP contribution >= 0.6 is 11.6 Å². The van der Waals surface area contributed by atoms with E-state index in [1.54, 1.807) is 14.0 Å². The van der Waals surface area contributed by atoms with Crippen molar-refractivity contribution in [2.45, 2.75) is 6.92 Å². The van der Waals surface area contributed by atoms with E-state index in [1.807, 2.05) is 0 Å². The first kappa shape index (κ1) is 10.7. The Morgan fingerprint density at radius 2 is 2.29 bits per heavy atom. The van der Waals surface area contributed by atoms with Crippen LogP contribution in [0, 0.1) is 6.92 Å². The van der Waals surface area contributed by atoms with Crippen LogP contribution in [0.15, 0.2) is 6.07 Å². The van der Waals surface area contributed by atoms with Gasteiger partial charge in [0.2, 0.25) is 0 Å². The van der Waals surface area contributed by atoms with E-state index in [2.05, 4.69) is 9.97 Å². The van der Waals surface area contributed by atoms with Crippen molar-refractivity contribution in [3.63, 3.8) is 0 Å². The number of likely N-dealkylation sites (N-methyl/N-ethyl adjacent to an activating group) is 1. The van der Waals surface area contributed by atoms with Crippen molar-refractivity contribution in [1.29, 1.82) is 0 Å². The van der Waals surface area contributed by atoms with Crippen LogP contribution in [-0.2, 0) is 4.79 Å². The number of nitrogens with zero attached hydrogens (tertiary/aromatic N) is 3. The first-order valence-corrected chi connectivity index (χ1v) is 4.31. The minimum atomic E-state index is -0.917. The Balaban J connectivity index is 2.89. The van der Waals surface area contributed by atoms with Gasteiger partial charge in [0, 0.05) is 13.1 Å².